The molecule has 2 aromatic rings. The van der Waals surface area contributed by atoms with Crippen molar-refractivity contribution in [2.45, 2.75) is 6.04 Å². The lowest BCUT2D eigenvalue weighted by Gasteiger charge is -2.15. The van der Waals surface area contributed by atoms with Crippen LogP contribution in [0.2, 0.25) is 0 Å². The van der Waals surface area contributed by atoms with Crippen LogP contribution in [0.4, 0.5) is 5.69 Å². The Morgan fingerprint density at radius 3 is 2.64 bits per heavy atom. The van der Waals surface area contributed by atoms with Gasteiger partial charge in [0.15, 0.2) is 11.5 Å². The Morgan fingerprint density at radius 1 is 1.18 bits per heavy atom. The van der Waals surface area contributed by atoms with Gasteiger partial charge in [0.25, 0.3) is 0 Å². The number of rotatable bonds is 7. The molecule has 2 amide bonds. The van der Waals surface area contributed by atoms with Gasteiger partial charge in [-0.05, 0) is 48.0 Å². The molecule has 0 aliphatic carbocycles. The highest BCUT2D eigenvalue weighted by atomic mass is 16.7. The zero-order valence-electron chi connectivity index (χ0n) is 15.2. The number of aliphatic hydroxyl groups excluding tert-OH is 1. The van der Waals surface area contributed by atoms with Gasteiger partial charge in [0, 0.05) is 11.8 Å². The molecule has 146 valence electrons. The first-order valence-electron chi connectivity index (χ1n) is 8.53. The monoisotopic (exact) mass is 384 g/mol. The second kappa shape index (κ2) is 8.92. The van der Waals surface area contributed by atoms with E-state index in [1.807, 2.05) is 0 Å². The van der Waals surface area contributed by atoms with Gasteiger partial charge < -0.3 is 30.0 Å². The summed E-state index contributed by atoms with van der Waals surface area (Å²) in [7, 11) is 1.54. The van der Waals surface area contributed by atoms with Gasteiger partial charge in [-0.1, -0.05) is 6.07 Å². The molecule has 0 saturated heterocycles. The number of fused-ring (bicyclic) bond motifs is 1. The number of aliphatic hydroxyl groups is 1. The maximum absolute atomic E-state index is 12.3. The molecule has 0 spiro atoms. The fourth-order valence-electron chi connectivity index (χ4n) is 2.51. The first-order chi connectivity index (χ1) is 13.6. The summed E-state index contributed by atoms with van der Waals surface area (Å²) in [5.41, 5.74) is 1.26. The molecule has 0 radical (unpaired) electrons. The van der Waals surface area contributed by atoms with Crippen molar-refractivity contribution in [2.75, 3.05) is 25.8 Å². The molecule has 0 bridgehead atoms. The molecule has 3 N–H and O–H groups in total. The third kappa shape index (κ3) is 4.80. The Labute approximate surface area is 161 Å². The van der Waals surface area contributed by atoms with Crippen LogP contribution in [0.15, 0.2) is 48.5 Å². The molecule has 1 heterocycles. The fourth-order valence-corrected chi connectivity index (χ4v) is 2.51. The van der Waals surface area contributed by atoms with Crippen LogP contribution in [0.3, 0.4) is 0 Å². The largest absolute Gasteiger partial charge is 0.497 e. The van der Waals surface area contributed by atoms with Crippen molar-refractivity contribution in [3.05, 3.63) is 54.1 Å². The third-order valence-corrected chi connectivity index (χ3v) is 4.00. The van der Waals surface area contributed by atoms with Crippen LogP contribution < -0.4 is 24.8 Å². The van der Waals surface area contributed by atoms with E-state index in [9.17, 15) is 14.7 Å². The van der Waals surface area contributed by atoms with Crippen molar-refractivity contribution in [3.8, 4) is 17.2 Å². The normalized spacial score (nSPS) is 13.2. The van der Waals surface area contributed by atoms with Gasteiger partial charge in [0.2, 0.25) is 18.6 Å². The lowest BCUT2D eigenvalue weighted by Crippen LogP contribution is -2.45. The Morgan fingerprint density at radius 2 is 1.93 bits per heavy atom. The van der Waals surface area contributed by atoms with Crippen LogP contribution >= 0.6 is 0 Å². The van der Waals surface area contributed by atoms with Crippen LogP contribution in [-0.4, -0.2) is 43.5 Å². The van der Waals surface area contributed by atoms with E-state index in [2.05, 4.69) is 10.6 Å². The van der Waals surface area contributed by atoms with E-state index in [0.29, 0.717) is 22.9 Å². The first-order valence-corrected chi connectivity index (χ1v) is 8.53. The Balaban J connectivity index is 1.56. The van der Waals surface area contributed by atoms with Crippen LogP contribution in [0.1, 0.15) is 5.56 Å². The molecule has 1 aliphatic heterocycles. The van der Waals surface area contributed by atoms with Gasteiger partial charge >= 0.3 is 0 Å². The van der Waals surface area contributed by atoms with Gasteiger partial charge in [-0.25, -0.2) is 0 Å². The summed E-state index contributed by atoms with van der Waals surface area (Å²) in [6, 6.07) is 10.9. The van der Waals surface area contributed by atoms with E-state index >= 15 is 0 Å². The van der Waals surface area contributed by atoms with Crippen molar-refractivity contribution in [1.29, 1.82) is 0 Å². The first kappa shape index (κ1) is 19.2. The van der Waals surface area contributed by atoms with Crippen LogP contribution in [0.5, 0.6) is 17.2 Å². The quantitative estimate of drug-likeness (QED) is 0.626. The van der Waals surface area contributed by atoms with Gasteiger partial charge in [0.05, 0.1) is 13.7 Å². The molecule has 28 heavy (non-hydrogen) atoms. The Bertz CT molecular complexity index is 879. The highest BCUT2D eigenvalue weighted by molar-refractivity contribution is 6.00. The Kier molecular flexibility index (Phi) is 6.13. The predicted octanol–water partition coefficient (Wildman–Crippen LogP) is 1.55. The number of hydrogen-bond acceptors (Lipinski definition) is 6. The molecule has 1 atom stereocenters. The Hall–Kier alpha value is -3.52. The highest BCUT2D eigenvalue weighted by Crippen LogP contribution is 2.32. The number of nitrogens with one attached hydrogen (secondary N) is 2. The van der Waals surface area contributed by atoms with Crippen molar-refractivity contribution < 1.29 is 28.9 Å². The summed E-state index contributed by atoms with van der Waals surface area (Å²) in [4.78, 5) is 24.4. The van der Waals surface area contributed by atoms with E-state index in [4.69, 9.17) is 14.2 Å². The summed E-state index contributed by atoms with van der Waals surface area (Å²) in [5.74, 6) is 0.865. The number of benzene rings is 2. The SMILES string of the molecule is COc1ccc(NC(=O)C(CO)NC(=O)C=Cc2ccc3c(c2)OCO3)cc1. The van der Waals surface area contributed by atoms with Crippen molar-refractivity contribution in [3.63, 3.8) is 0 Å². The molecule has 2 aromatic carbocycles. The molecule has 1 aliphatic rings. The molecule has 3 rings (SSSR count). The fraction of sp³-hybridized carbons (Fsp3) is 0.200. The third-order valence-electron chi connectivity index (χ3n) is 4.00. The summed E-state index contributed by atoms with van der Waals surface area (Å²) in [6.07, 6.45) is 2.86. The minimum atomic E-state index is -1.09. The zero-order chi connectivity index (χ0) is 19.9. The number of ether oxygens (including phenoxy) is 3. The molecule has 8 nitrogen and oxygen atoms in total. The smallest absolute Gasteiger partial charge is 0.249 e. The topological polar surface area (TPSA) is 106 Å². The minimum absolute atomic E-state index is 0.171. The minimum Gasteiger partial charge on any atom is -0.497 e. The highest BCUT2D eigenvalue weighted by Gasteiger charge is 2.19. The van der Waals surface area contributed by atoms with Crippen molar-refractivity contribution in [2.24, 2.45) is 0 Å². The van der Waals surface area contributed by atoms with E-state index in [1.165, 1.54) is 6.08 Å². The lowest BCUT2D eigenvalue weighted by molar-refractivity contribution is -0.124. The number of hydrogen-bond donors (Lipinski definition) is 3. The summed E-state index contributed by atoms with van der Waals surface area (Å²) < 4.78 is 15.6. The number of carbonyl (C=O) groups is 2. The predicted molar refractivity (Wildman–Crippen MR) is 102 cm³/mol. The van der Waals surface area contributed by atoms with E-state index in [0.717, 1.165) is 5.56 Å². The standard InChI is InChI=1S/C20H20N2O6/c1-26-15-6-4-14(5-7-15)21-20(25)16(11-23)22-19(24)9-3-13-2-8-17-18(10-13)28-12-27-17/h2-10,16,23H,11-12H2,1H3,(H,21,25)(H,22,24). The average Bonchev–Trinajstić information content (AvgIpc) is 3.18. The second-order valence-electron chi connectivity index (χ2n) is 5.91. The second-order valence-corrected chi connectivity index (χ2v) is 5.91. The lowest BCUT2D eigenvalue weighted by atomic mass is 10.2. The van der Waals surface area contributed by atoms with Gasteiger partial charge in [-0.15, -0.1) is 0 Å². The summed E-state index contributed by atoms with van der Waals surface area (Å²) in [5, 5.41) is 14.5. The van der Waals surface area contributed by atoms with Gasteiger partial charge in [-0.3, -0.25) is 9.59 Å². The number of methoxy groups -OCH3 is 1. The van der Waals surface area contributed by atoms with Crippen LogP contribution in [0.25, 0.3) is 6.08 Å². The maximum atomic E-state index is 12.3. The number of carbonyl (C=O) groups excluding carboxylic acids is 2. The number of anilines is 1. The van der Waals surface area contributed by atoms with Gasteiger partial charge in [0.1, 0.15) is 11.8 Å². The molecule has 8 heteroatoms. The van der Waals surface area contributed by atoms with Crippen LogP contribution in [0, 0.1) is 0 Å². The molecular formula is C20H20N2O6. The molecule has 1 unspecified atom stereocenters. The van der Waals surface area contributed by atoms with Crippen LogP contribution in [-0.2, 0) is 9.59 Å². The summed E-state index contributed by atoms with van der Waals surface area (Å²) >= 11 is 0. The van der Waals surface area contributed by atoms with E-state index < -0.39 is 24.5 Å². The average molecular weight is 384 g/mol. The summed E-state index contributed by atoms with van der Waals surface area (Å²) in [6.45, 7) is -0.365. The van der Waals surface area contributed by atoms with Crippen molar-refractivity contribution in [1.82, 2.24) is 5.32 Å². The van der Waals surface area contributed by atoms with Gasteiger partial charge in [-0.2, -0.15) is 0 Å². The molecule has 0 aromatic heterocycles. The van der Waals surface area contributed by atoms with E-state index in [-0.39, 0.29) is 6.79 Å². The molecule has 0 fully saturated rings. The zero-order valence-corrected chi connectivity index (χ0v) is 15.2. The molecule has 0 saturated carbocycles. The molecular weight excluding hydrogens is 364 g/mol. The maximum Gasteiger partial charge on any atom is 0.249 e. The van der Waals surface area contributed by atoms with E-state index in [1.54, 1.807) is 55.7 Å². The van der Waals surface area contributed by atoms with Crippen molar-refractivity contribution >= 4 is 23.6 Å². The number of amides is 2.